The summed E-state index contributed by atoms with van der Waals surface area (Å²) in [6.07, 6.45) is 2.51. The predicted octanol–water partition coefficient (Wildman–Crippen LogP) is 0.801. The second kappa shape index (κ2) is 9.44. The maximum Gasteiger partial charge on any atom is 0.273 e. The van der Waals surface area contributed by atoms with Crippen LogP contribution in [0.3, 0.4) is 0 Å². The van der Waals surface area contributed by atoms with Crippen LogP contribution in [-0.2, 0) is 4.79 Å². The molecule has 2 amide bonds. The highest BCUT2D eigenvalue weighted by Crippen LogP contribution is 2.18. The van der Waals surface area contributed by atoms with Gasteiger partial charge in [0.15, 0.2) is 5.69 Å². The van der Waals surface area contributed by atoms with E-state index in [4.69, 9.17) is 5.73 Å². The molecule has 1 atom stereocenters. The molecule has 3 rings (SSSR count). The van der Waals surface area contributed by atoms with Crippen molar-refractivity contribution in [1.29, 1.82) is 0 Å². The normalized spacial score (nSPS) is 16.9. The van der Waals surface area contributed by atoms with Gasteiger partial charge in [0.25, 0.3) is 11.6 Å². The summed E-state index contributed by atoms with van der Waals surface area (Å²) in [5, 5.41) is 21.7. The lowest BCUT2D eigenvalue weighted by atomic mass is 9.97. The summed E-state index contributed by atoms with van der Waals surface area (Å²) in [7, 11) is 0. The van der Waals surface area contributed by atoms with E-state index in [-0.39, 0.29) is 29.1 Å². The van der Waals surface area contributed by atoms with Crippen LogP contribution in [0.5, 0.6) is 0 Å². The molecule has 2 heterocycles. The van der Waals surface area contributed by atoms with Crippen LogP contribution >= 0.6 is 0 Å². The molecule has 1 aliphatic heterocycles. The lowest BCUT2D eigenvalue weighted by Gasteiger charge is -2.31. The number of nitrogens with two attached hydrogens (primary N) is 1. The van der Waals surface area contributed by atoms with Gasteiger partial charge in [-0.15, -0.1) is 5.10 Å². The van der Waals surface area contributed by atoms with Crippen LogP contribution in [0.15, 0.2) is 24.3 Å². The van der Waals surface area contributed by atoms with Gasteiger partial charge in [-0.3, -0.25) is 19.7 Å². The highest BCUT2D eigenvalue weighted by Gasteiger charge is 2.23. The van der Waals surface area contributed by atoms with Crippen molar-refractivity contribution >= 4 is 17.5 Å². The molecule has 1 saturated heterocycles. The number of non-ortho nitro benzene ring substituents is 1. The quantitative estimate of drug-likeness (QED) is 0.368. The molecule has 1 unspecified atom stereocenters. The van der Waals surface area contributed by atoms with Crippen LogP contribution in [0.4, 0.5) is 5.69 Å². The monoisotopic (exact) mass is 415 g/mol. The summed E-state index contributed by atoms with van der Waals surface area (Å²) in [4.78, 5) is 36.5. The molecular formula is C19H25N7O4. The van der Waals surface area contributed by atoms with Crippen LogP contribution in [0.2, 0.25) is 0 Å². The van der Waals surface area contributed by atoms with Gasteiger partial charge in [0, 0.05) is 25.2 Å². The van der Waals surface area contributed by atoms with E-state index in [1.807, 2.05) is 0 Å². The van der Waals surface area contributed by atoms with Crippen molar-refractivity contribution in [2.45, 2.75) is 26.2 Å². The lowest BCUT2D eigenvalue weighted by molar-refractivity contribution is -0.384. The van der Waals surface area contributed by atoms with E-state index in [0.29, 0.717) is 24.5 Å². The summed E-state index contributed by atoms with van der Waals surface area (Å²) in [6, 6.07) is 5.98. The molecule has 0 saturated carbocycles. The third-order valence-electron chi connectivity index (χ3n) is 5.24. The maximum absolute atomic E-state index is 12.5. The van der Waals surface area contributed by atoms with E-state index in [9.17, 15) is 19.7 Å². The van der Waals surface area contributed by atoms with Crippen molar-refractivity contribution in [1.82, 2.24) is 25.2 Å². The Morgan fingerprint density at radius 2 is 2.20 bits per heavy atom. The minimum atomic E-state index is -0.489. The first-order valence-electron chi connectivity index (χ1n) is 9.84. The molecule has 0 spiro atoms. The molecule has 30 heavy (non-hydrogen) atoms. The van der Waals surface area contributed by atoms with Crippen LogP contribution in [0, 0.1) is 23.0 Å². The zero-order valence-corrected chi connectivity index (χ0v) is 16.8. The van der Waals surface area contributed by atoms with Gasteiger partial charge in [-0.1, -0.05) is 11.3 Å². The van der Waals surface area contributed by atoms with Crippen molar-refractivity contribution in [3.8, 4) is 5.69 Å². The summed E-state index contributed by atoms with van der Waals surface area (Å²) >= 11 is 0. The van der Waals surface area contributed by atoms with Crippen molar-refractivity contribution in [3.63, 3.8) is 0 Å². The first-order valence-corrected chi connectivity index (χ1v) is 9.84. The SMILES string of the molecule is Cc1c(C(=O)NCCCN2CCCC(C(N)=O)C2)nnn1-c1cccc([N+](=O)[O-])c1. The number of hydrogen-bond acceptors (Lipinski definition) is 7. The summed E-state index contributed by atoms with van der Waals surface area (Å²) in [6.45, 7) is 4.50. The number of nitrogens with zero attached hydrogens (tertiary/aromatic N) is 5. The number of nitro benzene ring substituents is 1. The number of benzene rings is 1. The highest BCUT2D eigenvalue weighted by molar-refractivity contribution is 5.93. The number of primary amides is 1. The number of amides is 2. The largest absolute Gasteiger partial charge is 0.369 e. The number of carbonyl (C=O) groups excluding carboxylic acids is 2. The second-order valence-corrected chi connectivity index (χ2v) is 7.36. The maximum atomic E-state index is 12.5. The Balaban J connectivity index is 1.54. The van der Waals surface area contributed by atoms with E-state index < -0.39 is 4.92 Å². The smallest absolute Gasteiger partial charge is 0.273 e. The zero-order valence-electron chi connectivity index (χ0n) is 16.8. The molecular weight excluding hydrogens is 390 g/mol. The second-order valence-electron chi connectivity index (χ2n) is 7.36. The van der Waals surface area contributed by atoms with Crippen molar-refractivity contribution < 1.29 is 14.5 Å². The van der Waals surface area contributed by atoms with Crippen LogP contribution < -0.4 is 11.1 Å². The Labute approximate surface area is 173 Å². The number of nitro groups is 1. The molecule has 1 aromatic heterocycles. The van der Waals surface area contributed by atoms with E-state index in [1.165, 1.54) is 16.8 Å². The first kappa shape index (κ1) is 21.4. The minimum absolute atomic E-state index is 0.0651. The van der Waals surface area contributed by atoms with Crippen molar-refractivity contribution in [2.75, 3.05) is 26.2 Å². The Morgan fingerprint density at radius 3 is 2.93 bits per heavy atom. The zero-order chi connectivity index (χ0) is 21.7. The first-order chi connectivity index (χ1) is 14.4. The van der Waals surface area contributed by atoms with E-state index in [1.54, 1.807) is 19.1 Å². The van der Waals surface area contributed by atoms with Gasteiger partial charge >= 0.3 is 0 Å². The van der Waals surface area contributed by atoms with E-state index >= 15 is 0 Å². The third-order valence-corrected chi connectivity index (χ3v) is 5.24. The van der Waals surface area contributed by atoms with E-state index in [0.717, 1.165) is 32.4 Å². The van der Waals surface area contributed by atoms with Gasteiger partial charge in [-0.2, -0.15) is 0 Å². The lowest BCUT2D eigenvalue weighted by Crippen LogP contribution is -2.42. The van der Waals surface area contributed by atoms with Crippen molar-refractivity contribution in [3.05, 3.63) is 45.8 Å². The van der Waals surface area contributed by atoms with Crippen LogP contribution in [0.1, 0.15) is 35.4 Å². The fourth-order valence-electron chi connectivity index (χ4n) is 3.60. The number of aromatic nitrogens is 3. The number of rotatable bonds is 8. The van der Waals surface area contributed by atoms with Crippen LogP contribution in [0.25, 0.3) is 5.69 Å². The molecule has 3 N–H and O–H groups in total. The average molecular weight is 415 g/mol. The van der Waals surface area contributed by atoms with Gasteiger partial charge < -0.3 is 16.0 Å². The predicted molar refractivity (Wildman–Crippen MR) is 108 cm³/mol. The molecule has 11 heteroatoms. The van der Waals surface area contributed by atoms with Gasteiger partial charge in [0.05, 0.1) is 22.2 Å². The summed E-state index contributed by atoms with van der Waals surface area (Å²) < 4.78 is 1.40. The van der Waals surface area contributed by atoms with Gasteiger partial charge in [0.2, 0.25) is 5.91 Å². The molecule has 1 aliphatic rings. The number of nitrogens with one attached hydrogen (secondary N) is 1. The summed E-state index contributed by atoms with van der Waals surface area (Å²) in [5.41, 5.74) is 6.46. The topological polar surface area (TPSA) is 149 Å². The molecule has 0 aliphatic carbocycles. The Hall–Kier alpha value is -3.34. The fraction of sp³-hybridized carbons (Fsp3) is 0.474. The van der Waals surface area contributed by atoms with Gasteiger partial charge in [-0.25, -0.2) is 4.68 Å². The molecule has 160 valence electrons. The molecule has 1 aromatic carbocycles. The molecule has 11 nitrogen and oxygen atoms in total. The number of carbonyl (C=O) groups is 2. The Bertz CT molecular complexity index is 943. The molecule has 2 aromatic rings. The number of piperidine rings is 1. The third kappa shape index (κ3) is 4.98. The fourth-order valence-corrected chi connectivity index (χ4v) is 3.60. The van der Waals surface area contributed by atoms with Crippen molar-refractivity contribution in [2.24, 2.45) is 11.7 Å². The standard InChI is InChI=1S/C19H25N7O4/c1-13-17(22-23-25(13)15-6-2-7-16(11-15)26(29)30)19(28)21-8-4-10-24-9-3-5-14(12-24)18(20)27/h2,6-7,11,14H,3-5,8-10,12H2,1H3,(H2,20,27)(H,21,28). The molecule has 1 fully saturated rings. The number of hydrogen-bond donors (Lipinski definition) is 2. The van der Waals surface area contributed by atoms with E-state index in [2.05, 4.69) is 20.5 Å². The Morgan fingerprint density at radius 1 is 1.40 bits per heavy atom. The highest BCUT2D eigenvalue weighted by atomic mass is 16.6. The number of likely N-dealkylation sites (tertiary alicyclic amines) is 1. The van der Waals surface area contributed by atoms with Crippen LogP contribution in [-0.4, -0.2) is 62.8 Å². The Kier molecular flexibility index (Phi) is 6.72. The molecule has 0 radical (unpaired) electrons. The molecule has 0 bridgehead atoms. The average Bonchev–Trinajstić information content (AvgIpc) is 3.12. The summed E-state index contributed by atoms with van der Waals surface area (Å²) in [5.74, 6) is -0.701. The minimum Gasteiger partial charge on any atom is -0.369 e. The van der Waals surface area contributed by atoms with Gasteiger partial charge in [-0.05, 0) is 45.3 Å². The van der Waals surface area contributed by atoms with Gasteiger partial charge in [0.1, 0.15) is 0 Å².